The summed E-state index contributed by atoms with van der Waals surface area (Å²) in [5, 5.41) is 0. The van der Waals surface area contributed by atoms with E-state index < -0.39 is 10.0 Å². The van der Waals surface area contributed by atoms with Crippen LogP contribution in [0.15, 0.2) is 21.5 Å². The van der Waals surface area contributed by atoms with Crippen LogP contribution in [0.25, 0.3) is 0 Å². The molecule has 1 saturated carbocycles. The third-order valence-electron chi connectivity index (χ3n) is 3.53. The van der Waals surface area contributed by atoms with Crippen LogP contribution in [0.5, 0.6) is 5.75 Å². The number of nitrogens with zero attached hydrogens (tertiary/aromatic N) is 1. The highest BCUT2D eigenvalue weighted by Gasteiger charge is 2.33. The van der Waals surface area contributed by atoms with Gasteiger partial charge in [-0.1, -0.05) is 6.92 Å². The monoisotopic (exact) mass is 376 g/mol. The fraction of sp³-hybridized carbons (Fsp3) is 0.571. The smallest absolute Gasteiger partial charge is 0.246 e. The van der Waals surface area contributed by atoms with Crippen LogP contribution in [-0.2, 0) is 10.0 Å². The molecule has 0 heterocycles. The molecule has 21 heavy (non-hydrogen) atoms. The van der Waals surface area contributed by atoms with Gasteiger partial charge in [0, 0.05) is 23.2 Å². The van der Waals surface area contributed by atoms with Crippen molar-refractivity contribution in [3.05, 3.63) is 16.6 Å². The summed E-state index contributed by atoms with van der Waals surface area (Å²) in [5.74, 6) is 0.804. The van der Waals surface area contributed by atoms with Crippen LogP contribution in [0, 0.1) is 5.92 Å². The Morgan fingerprint density at radius 3 is 2.62 bits per heavy atom. The molecule has 0 radical (unpaired) electrons. The zero-order valence-electron chi connectivity index (χ0n) is 12.3. The Balaban J connectivity index is 2.42. The molecule has 2 rings (SSSR count). The van der Waals surface area contributed by atoms with Gasteiger partial charge in [-0.15, -0.1) is 0 Å². The van der Waals surface area contributed by atoms with Gasteiger partial charge in [0.2, 0.25) is 10.0 Å². The van der Waals surface area contributed by atoms with Crippen LogP contribution >= 0.6 is 15.9 Å². The third kappa shape index (κ3) is 3.70. The molecule has 0 amide bonds. The van der Waals surface area contributed by atoms with Crippen LogP contribution in [0.2, 0.25) is 0 Å². The molecule has 0 aromatic heterocycles. The number of hydrogen-bond acceptors (Lipinski definition) is 4. The van der Waals surface area contributed by atoms with Crippen molar-refractivity contribution in [2.24, 2.45) is 5.92 Å². The van der Waals surface area contributed by atoms with E-state index in [4.69, 9.17) is 10.5 Å². The standard InChI is InChI=1S/C14H21BrN2O3S/c1-3-6-17(9-10-4-5-10)21(18,19)14-8-12(16)11(15)7-13(14)20-2/h7-8,10H,3-6,9,16H2,1-2H3. The Morgan fingerprint density at radius 1 is 1.43 bits per heavy atom. The van der Waals surface area contributed by atoms with Crippen molar-refractivity contribution < 1.29 is 13.2 Å². The summed E-state index contributed by atoms with van der Waals surface area (Å²) < 4.78 is 33.2. The van der Waals surface area contributed by atoms with Crippen LogP contribution in [0.3, 0.4) is 0 Å². The molecule has 7 heteroatoms. The molecule has 2 N–H and O–H groups in total. The summed E-state index contributed by atoms with van der Waals surface area (Å²) in [6, 6.07) is 3.07. The molecular weight excluding hydrogens is 356 g/mol. The van der Waals surface area contributed by atoms with E-state index in [-0.39, 0.29) is 4.90 Å². The summed E-state index contributed by atoms with van der Waals surface area (Å²) in [4.78, 5) is 0.139. The normalized spacial score (nSPS) is 15.4. The van der Waals surface area contributed by atoms with E-state index in [1.165, 1.54) is 13.2 Å². The van der Waals surface area contributed by atoms with E-state index in [2.05, 4.69) is 15.9 Å². The van der Waals surface area contributed by atoms with Gasteiger partial charge in [0.15, 0.2) is 0 Å². The lowest BCUT2D eigenvalue weighted by atomic mass is 10.3. The van der Waals surface area contributed by atoms with Gasteiger partial charge in [-0.3, -0.25) is 0 Å². The predicted octanol–water partition coefficient (Wildman–Crippen LogP) is 2.85. The minimum absolute atomic E-state index is 0.139. The molecule has 1 aliphatic carbocycles. The first-order valence-corrected chi connectivity index (χ1v) is 9.26. The van der Waals surface area contributed by atoms with Crippen LogP contribution in [-0.4, -0.2) is 32.9 Å². The lowest BCUT2D eigenvalue weighted by Crippen LogP contribution is -2.34. The highest BCUT2D eigenvalue weighted by molar-refractivity contribution is 9.10. The first-order valence-electron chi connectivity index (χ1n) is 7.03. The number of rotatable bonds is 7. The van der Waals surface area contributed by atoms with Gasteiger partial charge in [0.05, 0.1) is 7.11 Å². The van der Waals surface area contributed by atoms with Crippen LogP contribution in [0.1, 0.15) is 26.2 Å². The van der Waals surface area contributed by atoms with E-state index in [1.54, 1.807) is 10.4 Å². The van der Waals surface area contributed by atoms with Crippen LogP contribution < -0.4 is 10.5 Å². The Labute approximate surface area is 134 Å². The van der Waals surface area contributed by atoms with Crippen molar-refractivity contribution in [3.8, 4) is 5.75 Å². The molecule has 0 unspecified atom stereocenters. The Hall–Kier alpha value is -0.790. The average molecular weight is 377 g/mol. The van der Waals surface area contributed by atoms with Crippen molar-refractivity contribution in [2.75, 3.05) is 25.9 Å². The summed E-state index contributed by atoms with van der Waals surface area (Å²) >= 11 is 3.29. The molecule has 5 nitrogen and oxygen atoms in total. The number of nitrogen functional groups attached to an aromatic ring is 1. The molecule has 1 aliphatic rings. The Morgan fingerprint density at radius 2 is 2.10 bits per heavy atom. The van der Waals surface area contributed by atoms with Gasteiger partial charge in [-0.2, -0.15) is 4.31 Å². The van der Waals surface area contributed by atoms with E-state index in [0.29, 0.717) is 34.9 Å². The number of ether oxygens (including phenoxy) is 1. The van der Waals surface area contributed by atoms with Gasteiger partial charge in [-0.25, -0.2) is 8.42 Å². The van der Waals surface area contributed by atoms with Gasteiger partial charge in [0.25, 0.3) is 0 Å². The van der Waals surface area contributed by atoms with Crippen molar-refractivity contribution in [1.82, 2.24) is 4.31 Å². The second-order valence-electron chi connectivity index (χ2n) is 5.33. The number of benzene rings is 1. The fourth-order valence-electron chi connectivity index (χ4n) is 2.20. The Bertz CT molecular complexity index is 615. The molecule has 0 spiro atoms. The maximum atomic E-state index is 12.9. The summed E-state index contributed by atoms with van der Waals surface area (Å²) in [7, 11) is -2.13. The number of nitrogens with two attached hydrogens (primary N) is 1. The highest BCUT2D eigenvalue weighted by Crippen LogP contribution is 2.36. The highest BCUT2D eigenvalue weighted by atomic mass is 79.9. The minimum atomic E-state index is -3.59. The summed E-state index contributed by atoms with van der Waals surface area (Å²) in [6.07, 6.45) is 2.99. The van der Waals surface area contributed by atoms with Gasteiger partial charge >= 0.3 is 0 Å². The second-order valence-corrected chi connectivity index (χ2v) is 8.09. The van der Waals surface area contributed by atoms with Gasteiger partial charge in [-0.05, 0) is 53.2 Å². The first kappa shape index (κ1) is 16.6. The van der Waals surface area contributed by atoms with Crippen molar-refractivity contribution in [2.45, 2.75) is 31.1 Å². The lowest BCUT2D eigenvalue weighted by molar-refractivity contribution is 0.380. The molecule has 1 aromatic carbocycles. The maximum Gasteiger partial charge on any atom is 0.246 e. The molecule has 118 valence electrons. The van der Waals surface area contributed by atoms with E-state index in [9.17, 15) is 8.42 Å². The van der Waals surface area contributed by atoms with Gasteiger partial charge in [0.1, 0.15) is 10.6 Å². The number of anilines is 1. The Kier molecular flexibility index (Phi) is 5.16. The van der Waals surface area contributed by atoms with E-state index in [1.807, 2.05) is 6.92 Å². The predicted molar refractivity (Wildman–Crippen MR) is 86.9 cm³/mol. The van der Waals surface area contributed by atoms with Crippen molar-refractivity contribution in [3.63, 3.8) is 0 Å². The molecular formula is C14H21BrN2O3S. The van der Waals surface area contributed by atoms with E-state index in [0.717, 1.165) is 19.3 Å². The topological polar surface area (TPSA) is 72.6 Å². The van der Waals surface area contributed by atoms with Crippen molar-refractivity contribution in [1.29, 1.82) is 0 Å². The summed E-state index contributed by atoms with van der Waals surface area (Å²) in [5.41, 5.74) is 6.23. The quantitative estimate of drug-likeness (QED) is 0.742. The first-order chi connectivity index (χ1) is 9.90. The largest absolute Gasteiger partial charge is 0.495 e. The van der Waals surface area contributed by atoms with Crippen molar-refractivity contribution >= 4 is 31.6 Å². The lowest BCUT2D eigenvalue weighted by Gasteiger charge is -2.23. The average Bonchev–Trinajstić information content (AvgIpc) is 3.24. The maximum absolute atomic E-state index is 12.9. The SMILES string of the molecule is CCCN(CC1CC1)S(=O)(=O)c1cc(N)c(Br)cc1OC. The summed E-state index contributed by atoms with van der Waals surface area (Å²) in [6.45, 7) is 3.07. The molecule has 1 fully saturated rings. The molecule has 0 saturated heterocycles. The number of hydrogen-bond donors (Lipinski definition) is 1. The number of sulfonamides is 1. The number of halogens is 1. The zero-order chi connectivity index (χ0) is 15.6. The molecule has 0 bridgehead atoms. The molecule has 1 aromatic rings. The molecule has 0 aliphatic heterocycles. The van der Waals surface area contributed by atoms with E-state index >= 15 is 0 Å². The molecule has 0 atom stereocenters. The second kappa shape index (κ2) is 6.54. The minimum Gasteiger partial charge on any atom is -0.495 e. The van der Waals surface area contributed by atoms with Crippen LogP contribution in [0.4, 0.5) is 5.69 Å². The van der Waals surface area contributed by atoms with Gasteiger partial charge < -0.3 is 10.5 Å². The fourth-order valence-corrected chi connectivity index (χ4v) is 4.30. The zero-order valence-corrected chi connectivity index (χ0v) is 14.7. The number of methoxy groups -OCH3 is 1. The third-order valence-corrected chi connectivity index (χ3v) is 6.11.